The SMILES string of the molecule is O=C(O)Cc1ccc2[nH]c3c(c(=O)c2c1)C(=O)CO3. The first-order valence-electron chi connectivity index (χ1n) is 5.63. The van der Waals surface area contributed by atoms with Gasteiger partial charge >= 0.3 is 5.97 Å². The van der Waals surface area contributed by atoms with Crippen molar-refractivity contribution in [3.05, 3.63) is 39.5 Å². The highest BCUT2D eigenvalue weighted by Crippen LogP contribution is 2.23. The van der Waals surface area contributed by atoms with Gasteiger partial charge in [0.15, 0.2) is 6.61 Å². The molecule has 0 saturated carbocycles. The van der Waals surface area contributed by atoms with Gasteiger partial charge in [-0.25, -0.2) is 0 Å². The van der Waals surface area contributed by atoms with Gasteiger partial charge in [0, 0.05) is 5.39 Å². The van der Waals surface area contributed by atoms with E-state index in [9.17, 15) is 14.4 Å². The molecule has 0 aliphatic carbocycles. The number of carboxylic acids is 1. The maximum atomic E-state index is 12.2. The van der Waals surface area contributed by atoms with Gasteiger partial charge < -0.3 is 14.8 Å². The van der Waals surface area contributed by atoms with Crippen LogP contribution in [0.15, 0.2) is 23.0 Å². The van der Waals surface area contributed by atoms with E-state index in [1.165, 1.54) is 6.07 Å². The lowest BCUT2D eigenvalue weighted by Gasteiger charge is -2.04. The Kier molecular flexibility index (Phi) is 2.38. The molecule has 2 N–H and O–H groups in total. The zero-order chi connectivity index (χ0) is 13.6. The van der Waals surface area contributed by atoms with Crippen LogP contribution < -0.4 is 10.2 Å². The minimum Gasteiger partial charge on any atom is -0.481 e. The number of H-pyrrole nitrogens is 1. The number of fused-ring (bicyclic) bond motifs is 2. The van der Waals surface area contributed by atoms with E-state index < -0.39 is 11.4 Å². The number of hydrogen-bond acceptors (Lipinski definition) is 4. The average Bonchev–Trinajstić information content (AvgIpc) is 2.71. The summed E-state index contributed by atoms with van der Waals surface area (Å²) in [4.78, 5) is 37.3. The number of hydrogen-bond donors (Lipinski definition) is 2. The summed E-state index contributed by atoms with van der Waals surface area (Å²) in [5, 5.41) is 9.05. The molecule has 0 unspecified atom stereocenters. The first kappa shape index (κ1) is 11.5. The average molecular weight is 259 g/mol. The number of nitrogens with one attached hydrogen (secondary N) is 1. The summed E-state index contributed by atoms with van der Waals surface area (Å²) in [7, 11) is 0. The van der Waals surface area contributed by atoms with Gasteiger partial charge in [0.25, 0.3) is 0 Å². The van der Waals surface area contributed by atoms with Gasteiger partial charge in [-0.3, -0.25) is 14.4 Å². The highest BCUT2D eigenvalue weighted by Gasteiger charge is 2.26. The normalized spacial score (nSPS) is 13.4. The van der Waals surface area contributed by atoms with Crippen LogP contribution in [-0.2, 0) is 11.2 Å². The fourth-order valence-electron chi connectivity index (χ4n) is 2.17. The Balaban J connectivity index is 2.26. The van der Waals surface area contributed by atoms with Crippen molar-refractivity contribution in [1.29, 1.82) is 0 Å². The molecule has 2 aromatic rings. The number of Topliss-reactive ketones (excluding diaryl/α,β-unsaturated/α-hetero) is 1. The molecule has 2 heterocycles. The molecule has 19 heavy (non-hydrogen) atoms. The molecule has 6 heteroatoms. The van der Waals surface area contributed by atoms with E-state index >= 15 is 0 Å². The number of benzene rings is 1. The van der Waals surface area contributed by atoms with Gasteiger partial charge in [0.2, 0.25) is 17.1 Å². The lowest BCUT2D eigenvalue weighted by molar-refractivity contribution is -0.136. The Bertz CT molecular complexity index is 774. The smallest absolute Gasteiger partial charge is 0.307 e. The zero-order valence-corrected chi connectivity index (χ0v) is 9.73. The van der Waals surface area contributed by atoms with Crippen LogP contribution in [0.2, 0.25) is 0 Å². The van der Waals surface area contributed by atoms with E-state index in [4.69, 9.17) is 9.84 Å². The summed E-state index contributed by atoms with van der Waals surface area (Å²) in [6, 6.07) is 4.73. The summed E-state index contributed by atoms with van der Waals surface area (Å²) >= 11 is 0. The highest BCUT2D eigenvalue weighted by molar-refractivity contribution is 6.04. The second-order valence-electron chi connectivity index (χ2n) is 4.32. The van der Waals surface area contributed by atoms with Gasteiger partial charge in [-0.1, -0.05) is 6.07 Å². The summed E-state index contributed by atoms with van der Waals surface area (Å²) in [5.41, 5.74) is 0.628. The van der Waals surface area contributed by atoms with Crippen LogP contribution in [-0.4, -0.2) is 28.4 Å². The third-order valence-corrected chi connectivity index (χ3v) is 3.01. The Morgan fingerprint density at radius 3 is 2.89 bits per heavy atom. The van der Waals surface area contributed by atoms with Crippen LogP contribution in [0.5, 0.6) is 5.88 Å². The molecule has 1 aliphatic rings. The Morgan fingerprint density at radius 1 is 1.37 bits per heavy atom. The number of pyridine rings is 1. The van der Waals surface area contributed by atoms with Crippen molar-refractivity contribution in [3.8, 4) is 5.88 Å². The van der Waals surface area contributed by atoms with Crippen molar-refractivity contribution < 1.29 is 19.4 Å². The van der Waals surface area contributed by atoms with E-state index in [1.807, 2.05) is 0 Å². The first-order valence-corrected chi connectivity index (χ1v) is 5.63. The second kappa shape index (κ2) is 3.94. The predicted octanol–water partition coefficient (Wildman–Crippen LogP) is 0.730. The third kappa shape index (κ3) is 1.77. The molecular formula is C13H9NO5. The lowest BCUT2D eigenvalue weighted by atomic mass is 10.1. The predicted molar refractivity (Wildman–Crippen MR) is 65.7 cm³/mol. The summed E-state index contributed by atoms with van der Waals surface area (Å²) < 4.78 is 5.10. The number of carbonyl (C=O) groups excluding carboxylic acids is 1. The molecule has 6 nitrogen and oxygen atoms in total. The highest BCUT2D eigenvalue weighted by atomic mass is 16.5. The van der Waals surface area contributed by atoms with E-state index in [-0.39, 0.29) is 30.3 Å². The molecule has 0 atom stereocenters. The second-order valence-corrected chi connectivity index (χ2v) is 4.32. The van der Waals surface area contributed by atoms with Crippen LogP contribution >= 0.6 is 0 Å². The molecule has 0 fully saturated rings. The van der Waals surface area contributed by atoms with Crippen molar-refractivity contribution in [2.45, 2.75) is 6.42 Å². The van der Waals surface area contributed by atoms with Crippen molar-refractivity contribution in [2.24, 2.45) is 0 Å². The van der Waals surface area contributed by atoms with Gasteiger partial charge in [-0.15, -0.1) is 0 Å². The molecule has 1 aromatic carbocycles. The zero-order valence-electron chi connectivity index (χ0n) is 9.73. The van der Waals surface area contributed by atoms with Gasteiger partial charge in [0.05, 0.1) is 11.9 Å². The largest absolute Gasteiger partial charge is 0.481 e. The van der Waals surface area contributed by atoms with Crippen LogP contribution in [0, 0.1) is 0 Å². The Hall–Kier alpha value is -2.63. The standard InChI is InChI=1S/C13H9NO5/c15-9-5-19-13-11(9)12(18)7-3-6(4-10(16)17)1-2-8(7)14-13/h1-3H,4-5H2,(H,14,18)(H,16,17). The molecule has 0 spiro atoms. The van der Waals surface area contributed by atoms with Gasteiger partial charge in [0.1, 0.15) is 5.56 Å². The number of ketones is 1. The lowest BCUT2D eigenvalue weighted by Crippen LogP contribution is -2.13. The van der Waals surface area contributed by atoms with Crippen LogP contribution in [0.3, 0.4) is 0 Å². The molecule has 1 aromatic heterocycles. The van der Waals surface area contributed by atoms with E-state index in [1.54, 1.807) is 12.1 Å². The Morgan fingerprint density at radius 2 is 2.16 bits per heavy atom. The van der Waals surface area contributed by atoms with Crippen molar-refractivity contribution in [3.63, 3.8) is 0 Å². The van der Waals surface area contributed by atoms with Crippen molar-refractivity contribution >= 4 is 22.7 Å². The number of ether oxygens (including phenoxy) is 1. The van der Waals surface area contributed by atoms with Crippen LogP contribution in [0.4, 0.5) is 0 Å². The molecule has 0 amide bonds. The molecule has 0 radical (unpaired) electrons. The fourth-order valence-corrected chi connectivity index (χ4v) is 2.17. The summed E-state index contributed by atoms with van der Waals surface area (Å²) in [5.74, 6) is -1.15. The van der Waals surface area contributed by atoms with E-state index in [2.05, 4.69) is 4.98 Å². The van der Waals surface area contributed by atoms with Gasteiger partial charge in [-0.2, -0.15) is 0 Å². The molecular weight excluding hydrogens is 250 g/mol. The number of aromatic nitrogens is 1. The molecule has 1 aliphatic heterocycles. The minimum atomic E-state index is -0.976. The maximum Gasteiger partial charge on any atom is 0.307 e. The fraction of sp³-hybridized carbons (Fsp3) is 0.154. The number of carboxylic acid groups (broad SMARTS) is 1. The number of aromatic amines is 1. The van der Waals surface area contributed by atoms with Gasteiger partial charge in [-0.05, 0) is 17.7 Å². The molecule has 96 valence electrons. The molecule has 0 bridgehead atoms. The quantitative estimate of drug-likeness (QED) is 0.828. The number of rotatable bonds is 2. The van der Waals surface area contributed by atoms with Crippen molar-refractivity contribution in [2.75, 3.05) is 6.61 Å². The monoisotopic (exact) mass is 259 g/mol. The topological polar surface area (TPSA) is 96.5 Å². The first-order chi connectivity index (χ1) is 9.06. The van der Waals surface area contributed by atoms with Crippen molar-refractivity contribution in [1.82, 2.24) is 4.98 Å². The maximum absolute atomic E-state index is 12.2. The third-order valence-electron chi connectivity index (χ3n) is 3.01. The molecule has 3 rings (SSSR count). The Labute approximate surface area is 106 Å². The summed E-state index contributed by atoms with van der Waals surface area (Å²) in [6.45, 7) is -0.140. The van der Waals surface area contributed by atoms with Crippen LogP contribution in [0.25, 0.3) is 10.9 Å². The number of aliphatic carboxylic acids is 1. The van der Waals surface area contributed by atoms with E-state index in [0.717, 1.165) is 0 Å². The number of carbonyl (C=O) groups is 2. The van der Waals surface area contributed by atoms with E-state index in [0.29, 0.717) is 16.5 Å². The van der Waals surface area contributed by atoms with Crippen LogP contribution in [0.1, 0.15) is 15.9 Å². The molecule has 0 saturated heterocycles. The summed E-state index contributed by atoms with van der Waals surface area (Å²) in [6.07, 6.45) is -0.170. The minimum absolute atomic E-state index is 0.0139.